The van der Waals surface area contributed by atoms with Gasteiger partial charge in [-0.2, -0.15) is 0 Å². The first kappa shape index (κ1) is 49.3. The van der Waals surface area contributed by atoms with Crippen LogP contribution in [-0.4, -0.2) is 93.3 Å². The molecule has 4 heterocycles. The Labute approximate surface area is 373 Å². The normalized spacial score (nSPS) is 18.9. The molecule has 0 fully saturated rings. The first-order valence-electron chi connectivity index (χ1n) is 21.1. The number of rotatable bonds is 6. The van der Waals surface area contributed by atoms with E-state index in [4.69, 9.17) is 28.8 Å². The summed E-state index contributed by atoms with van der Waals surface area (Å²) in [7, 11) is -3.60. The Morgan fingerprint density at radius 1 is 0.578 bits per heavy atom. The van der Waals surface area contributed by atoms with Crippen LogP contribution in [0.4, 0.5) is 0 Å². The highest BCUT2D eigenvalue weighted by molar-refractivity contribution is 6.47. The number of hydrogen-bond acceptors (Lipinski definition) is 13. The number of fused-ring (bicyclic) bond motifs is 4. The lowest BCUT2D eigenvalue weighted by molar-refractivity contribution is 0.0681. The first-order chi connectivity index (χ1) is 30.2. The number of ketones is 1. The number of carboxylic acid groups (broad SMARTS) is 2. The quantitative estimate of drug-likeness (QED) is 0.0622. The van der Waals surface area contributed by atoms with E-state index in [-0.39, 0.29) is 58.3 Å². The highest BCUT2D eigenvalue weighted by atomic mass is 16.5. The van der Waals surface area contributed by atoms with Crippen LogP contribution in [0.3, 0.4) is 0 Å². The molecule has 19 heteroatoms. The van der Waals surface area contributed by atoms with E-state index in [0.29, 0.717) is 58.8 Å². The summed E-state index contributed by atoms with van der Waals surface area (Å²) in [5.74, 6) is -0.549. The Kier molecular flexibility index (Phi) is 16.4. The number of carboxylic acids is 2. The molecular formula is C45H54B4O15. The van der Waals surface area contributed by atoms with Gasteiger partial charge in [-0.15, -0.1) is 0 Å². The average Bonchev–Trinajstić information content (AvgIpc) is 3.22. The van der Waals surface area contributed by atoms with Gasteiger partial charge in [-0.05, 0) is 98.4 Å². The van der Waals surface area contributed by atoms with Crippen LogP contribution in [0.2, 0.25) is 23.3 Å². The second-order valence-electron chi connectivity index (χ2n) is 16.7. The van der Waals surface area contributed by atoms with Crippen LogP contribution in [0.15, 0.2) is 67.2 Å². The molecule has 0 aliphatic carbocycles. The lowest BCUT2D eigenvalue weighted by Crippen LogP contribution is -2.35. The number of aliphatic hydroxyl groups is 2. The van der Waals surface area contributed by atoms with E-state index in [1.807, 2.05) is 57.2 Å². The fraction of sp³-hybridized carbons (Fsp3) is 0.356. The molecule has 8 rings (SSSR count). The van der Waals surface area contributed by atoms with Crippen molar-refractivity contribution < 1.29 is 73.5 Å². The van der Waals surface area contributed by atoms with E-state index in [0.717, 1.165) is 35.1 Å². The number of aromatic carboxylic acids is 2. The molecule has 336 valence electrons. The molecule has 0 amide bonds. The smallest absolute Gasteiger partial charge is 0.526 e. The second-order valence-corrected chi connectivity index (χ2v) is 16.7. The van der Waals surface area contributed by atoms with Gasteiger partial charge in [-0.3, -0.25) is 4.79 Å². The van der Waals surface area contributed by atoms with Gasteiger partial charge in [0.1, 0.15) is 39.9 Å². The fourth-order valence-electron chi connectivity index (χ4n) is 7.91. The summed E-state index contributed by atoms with van der Waals surface area (Å²) in [5.41, 5.74) is 6.24. The van der Waals surface area contributed by atoms with E-state index in [2.05, 4.69) is 6.58 Å². The maximum atomic E-state index is 11.3. The Hall–Kier alpha value is -5.71. The minimum atomic E-state index is -1.07. The maximum Gasteiger partial charge on any atom is 0.526 e. The summed E-state index contributed by atoms with van der Waals surface area (Å²) < 4.78 is 21.4. The van der Waals surface area contributed by atoms with E-state index >= 15 is 0 Å². The molecular weight excluding hydrogens is 824 g/mol. The first-order valence-corrected chi connectivity index (χ1v) is 21.1. The molecule has 4 aromatic carbocycles. The van der Waals surface area contributed by atoms with Gasteiger partial charge in [0.05, 0.1) is 11.1 Å². The highest BCUT2D eigenvalue weighted by Gasteiger charge is 2.38. The van der Waals surface area contributed by atoms with Crippen molar-refractivity contribution >= 4 is 52.0 Å². The molecule has 0 bridgehead atoms. The van der Waals surface area contributed by atoms with Gasteiger partial charge in [0.15, 0.2) is 5.78 Å². The van der Waals surface area contributed by atoms with Gasteiger partial charge in [-0.1, -0.05) is 75.9 Å². The number of Topliss-reactive ketones (excluding diaryl/α,β-unsaturated/α-hetero) is 1. The molecule has 0 radical (unpaired) electrons. The number of carbonyl (C=O) groups excluding carboxylic acids is 1. The number of aliphatic hydroxyl groups excluding tert-OH is 2. The van der Waals surface area contributed by atoms with Gasteiger partial charge < -0.3 is 59.1 Å². The lowest BCUT2D eigenvalue weighted by Gasteiger charge is -2.28. The summed E-state index contributed by atoms with van der Waals surface area (Å²) in [6.45, 7) is 14.1. The van der Waals surface area contributed by atoms with Crippen LogP contribution >= 0.6 is 0 Å². The van der Waals surface area contributed by atoms with Crippen molar-refractivity contribution in [1.82, 2.24) is 0 Å². The van der Waals surface area contributed by atoms with Gasteiger partial charge in [0, 0.05) is 29.9 Å². The lowest BCUT2D eigenvalue weighted by atomic mass is 9.65. The third-order valence-electron chi connectivity index (χ3n) is 11.6. The van der Waals surface area contributed by atoms with Crippen molar-refractivity contribution in [2.75, 3.05) is 6.61 Å². The van der Waals surface area contributed by atoms with Crippen LogP contribution in [0, 0.1) is 13.8 Å². The van der Waals surface area contributed by atoms with Crippen LogP contribution in [0.25, 0.3) is 5.76 Å². The van der Waals surface area contributed by atoms with Gasteiger partial charge >= 0.3 is 40.4 Å². The molecule has 4 atom stereocenters. The Bertz CT molecular complexity index is 2300. The molecule has 0 saturated carbocycles. The second kappa shape index (κ2) is 21.3. The largest absolute Gasteiger partial charge is 0.535 e. The monoisotopic (exact) mass is 878 g/mol. The molecule has 8 N–H and O–H groups in total. The number of hydrogen-bond donors (Lipinski definition) is 8. The molecule has 0 spiro atoms. The molecule has 0 aromatic heterocycles. The van der Waals surface area contributed by atoms with Crippen molar-refractivity contribution in [1.29, 1.82) is 0 Å². The van der Waals surface area contributed by atoms with Crippen LogP contribution in [0.5, 0.6) is 23.0 Å². The van der Waals surface area contributed by atoms with Gasteiger partial charge in [0.25, 0.3) is 0 Å². The summed E-state index contributed by atoms with van der Waals surface area (Å²) in [5, 5.41) is 75.2. The zero-order valence-electron chi connectivity index (χ0n) is 36.8. The van der Waals surface area contributed by atoms with Crippen molar-refractivity contribution in [3.8, 4) is 23.0 Å². The molecule has 4 aliphatic heterocycles. The van der Waals surface area contributed by atoms with E-state index < -0.39 is 40.4 Å². The van der Waals surface area contributed by atoms with Crippen molar-refractivity contribution in [2.24, 2.45) is 0 Å². The van der Waals surface area contributed by atoms with Gasteiger partial charge in [0.2, 0.25) is 0 Å². The molecule has 0 saturated heterocycles. The molecule has 4 aromatic rings. The van der Waals surface area contributed by atoms with Gasteiger partial charge in [-0.25, -0.2) is 9.59 Å². The third kappa shape index (κ3) is 11.3. The number of benzene rings is 4. The summed E-state index contributed by atoms with van der Waals surface area (Å²) >= 11 is 0. The van der Waals surface area contributed by atoms with E-state index in [9.17, 15) is 44.7 Å². The molecule has 15 nitrogen and oxygen atoms in total. The SMILES string of the molecule is C=C(O)c1cccc2c1OB(O)[C@H](C)C2.CC(=O)c1cccc2c1OB(O)[C@@H](C)C2.Cc1ccc2c(c1C(=O)O)OB(O)[C@@H](C)C2.Cc1ccc2c(c1C(=O)O)OB(O)[C@@H](CCO)C2. The molecule has 64 heavy (non-hydrogen) atoms. The molecule has 4 aliphatic rings. The van der Waals surface area contributed by atoms with Crippen molar-refractivity contribution in [2.45, 2.75) is 96.9 Å². The van der Waals surface area contributed by atoms with Crippen LogP contribution < -0.4 is 18.6 Å². The Balaban J connectivity index is 0.000000161. The topological polar surface area (TPSA) is 250 Å². The number of carbonyl (C=O) groups is 3. The maximum absolute atomic E-state index is 11.3. The standard InChI is InChI=1S/C12H15BO5.C11H13BO4.2C11H13BO3/c1-7-2-3-8-6-9(4-5-14)13(17)18-11(8)10(7)12(15)16;1-6-3-4-8-5-7(2)12(15)16-10(8)9(6)11(13)14;2*1-7-6-9-4-3-5-10(8(2)13)11(9)15-12(7)14/h2-3,9,14,17H,4-6H2,1H3,(H,15,16);3-4,7,15H,5H2,1-2H3,(H,13,14);3-5,7,14H,6H2,1-2H3;3-5,7,13-14H,2,6H2,1H3/t9-;3*7-/m0001/s1. The minimum absolute atomic E-state index is 0.0168. The van der Waals surface area contributed by atoms with E-state index in [1.165, 1.54) is 6.92 Å². The average molecular weight is 878 g/mol. The van der Waals surface area contributed by atoms with Crippen molar-refractivity contribution in [3.63, 3.8) is 0 Å². The predicted octanol–water partition coefficient (Wildman–Crippen LogP) is 6.08. The minimum Gasteiger partial charge on any atom is -0.535 e. The molecule has 0 unspecified atom stereocenters. The Morgan fingerprint density at radius 3 is 1.36 bits per heavy atom. The summed E-state index contributed by atoms with van der Waals surface area (Å²) in [6, 6.07) is 18.2. The zero-order chi connectivity index (χ0) is 47.2. The number of aryl methyl sites for hydroxylation is 2. The highest BCUT2D eigenvalue weighted by Crippen LogP contribution is 2.39. The third-order valence-corrected chi connectivity index (χ3v) is 11.6. The predicted molar refractivity (Wildman–Crippen MR) is 244 cm³/mol. The fourth-order valence-corrected chi connectivity index (χ4v) is 7.91. The summed E-state index contributed by atoms with van der Waals surface area (Å²) in [4.78, 5) is 33.7. The van der Waals surface area contributed by atoms with Crippen LogP contribution in [0.1, 0.15) is 104 Å². The summed E-state index contributed by atoms with van der Waals surface area (Å²) in [6.07, 6.45) is 3.07. The van der Waals surface area contributed by atoms with Crippen molar-refractivity contribution in [3.05, 3.63) is 123 Å². The van der Waals surface area contributed by atoms with E-state index in [1.54, 1.807) is 38.1 Å². The zero-order valence-corrected chi connectivity index (χ0v) is 36.8. The van der Waals surface area contributed by atoms with Crippen LogP contribution in [-0.2, 0) is 25.7 Å². The Morgan fingerprint density at radius 2 is 0.953 bits per heavy atom. The number of para-hydroxylation sites is 2.